The van der Waals surface area contributed by atoms with Gasteiger partial charge in [-0.1, -0.05) is 6.92 Å². The number of aliphatic carboxylic acids is 1. The fourth-order valence-electron chi connectivity index (χ4n) is 2.84. The second-order valence-electron chi connectivity index (χ2n) is 6.57. The second kappa shape index (κ2) is 11.6. The Balaban J connectivity index is 2.87. The minimum absolute atomic E-state index is 0.0319. The molecule has 5 atom stereocenters. The summed E-state index contributed by atoms with van der Waals surface area (Å²) in [6.07, 6.45) is -2.57. The van der Waals surface area contributed by atoms with Crippen LogP contribution in [0, 0.1) is 5.92 Å². The molecule has 1 rings (SSSR count). The quantitative estimate of drug-likeness (QED) is 0.320. The maximum absolute atomic E-state index is 11.5. The first-order valence-corrected chi connectivity index (χ1v) is 9.08. The van der Waals surface area contributed by atoms with Gasteiger partial charge in [-0.3, -0.25) is 19.2 Å². The van der Waals surface area contributed by atoms with Crippen LogP contribution in [-0.4, -0.2) is 66.8 Å². The molecule has 0 aromatic heterocycles. The monoisotopic (exact) mass is 404 g/mol. The zero-order chi connectivity index (χ0) is 21.3. The van der Waals surface area contributed by atoms with Crippen molar-refractivity contribution in [3.05, 3.63) is 0 Å². The number of ether oxygens (including phenoxy) is 5. The highest BCUT2D eigenvalue weighted by atomic mass is 16.7. The van der Waals surface area contributed by atoms with Crippen molar-refractivity contribution in [2.45, 2.75) is 71.6 Å². The zero-order valence-corrected chi connectivity index (χ0v) is 16.5. The summed E-state index contributed by atoms with van der Waals surface area (Å²) in [6, 6.07) is 0. The fraction of sp³-hybridized carbons (Fsp3) is 0.778. The van der Waals surface area contributed by atoms with Gasteiger partial charge in [-0.2, -0.15) is 0 Å². The van der Waals surface area contributed by atoms with Crippen LogP contribution in [0.15, 0.2) is 0 Å². The lowest BCUT2D eigenvalue weighted by Crippen LogP contribution is -2.58. The van der Waals surface area contributed by atoms with Crippen molar-refractivity contribution in [2.24, 2.45) is 5.92 Å². The molecular weight excluding hydrogens is 376 g/mol. The maximum Gasteiger partial charge on any atom is 0.303 e. The van der Waals surface area contributed by atoms with Gasteiger partial charge >= 0.3 is 23.9 Å². The van der Waals surface area contributed by atoms with Crippen molar-refractivity contribution in [2.75, 3.05) is 13.2 Å². The fourth-order valence-corrected chi connectivity index (χ4v) is 2.84. The van der Waals surface area contributed by atoms with E-state index in [1.807, 2.05) is 0 Å². The van der Waals surface area contributed by atoms with E-state index in [0.29, 0.717) is 12.8 Å². The molecule has 28 heavy (non-hydrogen) atoms. The van der Waals surface area contributed by atoms with Crippen molar-refractivity contribution in [1.82, 2.24) is 0 Å². The predicted octanol–water partition coefficient (Wildman–Crippen LogP) is 1.05. The number of esters is 3. The highest BCUT2D eigenvalue weighted by Crippen LogP contribution is 2.31. The normalized spacial score (nSPS) is 26.9. The number of carboxylic acids is 1. The molecular formula is C18H28O10. The number of carbonyl (C=O) groups excluding carboxylic acids is 3. The van der Waals surface area contributed by atoms with Gasteiger partial charge < -0.3 is 28.8 Å². The van der Waals surface area contributed by atoms with Crippen LogP contribution in [0.4, 0.5) is 0 Å². The van der Waals surface area contributed by atoms with Crippen LogP contribution in [0.1, 0.15) is 47.0 Å². The number of carbonyl (C=O) groups is 4. The van der Waals surface area contributed by atoms with E-state index in [2.05, 4.69) is 0 Å². The van der Waals surface area contributed by atoms with Crippen molar-refractivity contribution in [3.63, 3.8) is 0 Å². The molecule has 1 saturated heterocycles. The molecule has 1 aliphatic heterocycles. The number of hydrogen-bond donors (Lipinski definition) is 1. The van der Waals surface area contributed by atoms with Crippen LogP contribution < -0.4 is 0 Å². The summed E-state index contributed by atoms with van der Waals surface area (Å²) in [5.74, 6) is -3.08. The van der Waals surface area contributed by atoms with Gasteiger partial charge in [-0.05, 0) is 12.8 Å². The average molecular weight is 404 g/mol. The van der Waals surface area contributed by atoms with E-state index in [9.17, 15) is 19.2 Å². The van der Waals surface area contributed by atoms with Crippen LogP contribution in [-0.2, 0) is 42.9 Å². The van der Waals surface area contributed by atoms with Crippen LogP contribution in [0.3, 0.4) is 0 Å². The molecule has 1 fully saturated rings. The van der Waals surface area contributed by atoms with Crippen LogP contribution >= 0.6 is 0 Å². The van der Waals surface area contributed by atoms with Crippen molar-refractivity contribution in [3.8, 4) is 0 Å². The molecule has 1 N–H and O–H groups in total. The summed E-state index contributed by atoms with van der Waals surface area (Å²) in [5, 5.41) is 8.67. The summed E-state index contributed by atoms with van der Waals surface area (Å²) in [6.45, 7) is 5.41. The number of rotatable bonds is 10. The standard InChI is InChI=1S/C18H28O10/c1-10-16(26-12(3)20)17(27-13(4)21)14(9-25-11(2)19)28-18(10)24-8-6-5-7-15(22)23/h10,14,16-18H,5-9H2,1-4H3,(H,22,23). The van der Waals surface area contributed by atoms with E-state index in [4.69, 9.17) is 28.8 Å². The molecule has 0 saturated carbocycles. The van der Waals surface area contributed by atoms with Gasteiger partial charge in [-0.15, -0.1) is 0 Å². The van der Waals surface area contributed by atoms with Gasteiger partial charge in [0.15, 0.2) is 12.4 Å². The Morgan fingerprint density at radius 3 is 2.07 bits per heavy atom. The molecule has 0 bridgehead atoms. The number of hydrogen-bond acceptors (Lipinski definition) is 9. The van der Waals surface area contributed by atoms with Crippen molar-refractivity contribution in [1.29, 1.82) is 0 Å². The lowest BCUT2D eigenvalue weighted by atomic mass is 9.92. The summed E-state index contributed by atoms with van der Waals surface area (Å²) in [4.78, 5) is 44.8. The maximum atomic E-state index is 11.5. The second-order valence-corrected chi connectivity index (χ2v) is 6.57. The molecule has 0 aromatic carbocycles. The SMILES string of the molecule is CC(=O)OCC1OC(OCCCCC(=O)O)C(C)C(OC(C)=O)C1OC(C)=O. The Kier molecular flexibility index (Phi) is 9.88. The third-order valence-corrected chi connectivity index (χ3v) is 4.07. The molecule has 10 nitrogen and oxygen atoms in total. The van der Waals surface area contributed by atoms with Gasteiger partial charge in [-0.25, -0.2) is 0 Å². The number of unbranched alkanes of at least 4 members (excludes halogenated alkanes) is 1. The van der Waals surface area contributed by atoms with Gasteiger partial charge in [0, 0.05) is 39.7 Å². The Hall–Kier alpha value is -2.20. The lowest BCUT2D eigenvalue weighted by Gasteiger charge is -2.43. The first-order chi connectivity index (χ1) is 13.1. The van der Waals surface area contributed by atoms with Crippen LogP contribution in [0.2, 0.25) is 0 Å². The lowest BCUT2D eigenvalue weighted by molar-refractivity contribution is -0.288. The molecule has 0 amide bonds. The zero-order valence-electron chi connectivity index (χ0n) is 16.5. The minimum atomic E-state index is -0.970. The van der Waals surface area contributed by atoms with Gasteiger partial charge in [0.1, 0.15) is 18.8 Å². The first-order valence-electron chi connectivity index (χ1n) is 9.08. The molecule has 5 unspecified atom stereocenters. The topological polar surface area (TPSA) is 135 Å². The Morgan fingerprint density at radius 2 is 1.54 bits per heavy atom. The van der Waals surface area contributed by atoms with E-state index in [1.54, 1.807) is 6.92 Å². The van der Waals surface area contributed by atoms with E-state index < -0.39 is 54.4 Å². The van der Waals surface area contributed by atoms with Crippen molar-refractivity contribution < 1.29 is 48.0 Å². The third-order valence-electron chi connectivity index (χ3n) is 4.07. The van der Waals surface area contributed by atoms with Gasteiger partial charge in [0.05, 0.1) is 0 Å². The summed E-state index contributed by atoms with van der Waals surface area (Å²) < 4.78 is 27.1. The molecule has 1 heterocycles. The molecule has 160 valence electrons. The largest absolute Gasteiger partial charge is 0.481 e. The summed E-state index contributed by atoms with van der Waals surface area (Å²) in [7, 11) is 0. The van der Waals surface area contributed by atoms with Crippen LogP contribution in [0.5, 0.6) is 0 Å². The Labute approximate surface area is 163 Å². The minimum Gasteiger partial charge on any atom is -0.481 e. The smallest absolute Gasteiger partial charge is 0.303 e. The summed E-state index contributed by atoms with van der Waals surface area (Å²) >= 11 is 0. The van der Waals surface area contributed by atoms with Gasteiger partial charge in [0.25, 0.3) is 0 Å². The molecule has 0 radical (unpaired) electrons. The number of carboxylic acid groups (broad SMARTS) is 1. The Morgan fingerprint density at radius 1 is 0.929 bits per heavy atom. The predicted molar refractivity (Wildman–Crippen MR) is 93.0 cm³/mol. The van der Waals surface area contributed by atoms with E-state index in [1.165, 1.54) is 20.8 Å². The average Bonchev–Trinajstić information content (AvgIpc) is 2.57. The molecule has 0 aromatic rings. The molecule has 10 heteroatoms. The molecule has 0 spiro atoms. The van der Waals surface area contributed by atoms with E-state index in [-0.39, 0.29) is 19.6 Å². The molecule has 0 aliphatic carbocycles. The van der Waals surface area contributed by atoms with E-state index in [0.717, 1.165) is 0 Å². The highest BCUT2D eigenvalue weighted by Gasteiger charge is 2.48. The summed E-state index contributed by atoms with van der Waals surface area (Å²) in [5.41, 5.74) is 0. The molecule has 1 aliphatic rings. The van der Waals surface area contributed by atoms with E-state index >= 15 is 0 Å². The van der Waals surface area contributed by atoms with Gasteiger partial charge in [0.2, 0.25) is 0 Å². The Bertz CT molecular complexity index is 561. The highest BCUT2D eigenvalue weighted by molar-refractivity contribution is 5.68. The third kappa shape index (κ3) is 8.22. The van der Waals surface area contributed by atoms with Crippen LogP contribution in [0.25, 0.3) is 0 Å². The van der Waals surface area contributed by atoms with Crippen molar-refractivity contribution >= 4 is 23.9 Å². The first kappa shape index (κ1) is 23.8.